The number of ether oxygens (including phenoxy) is 2. The first kappa shape index (κ1) is 23.5. The van der Waals surface area contributed by atoms with Gasteiger partial charge in [-0.2, -0.15) is 0 Å². The summed E-state index contributed by atoms with van der Waals surface area (Å²) in [6.45, 7) is 18.2. The number of ketones is 1. The van der Waals surface area contributed by atoms with Crippen LogP contribution < -0.4 is 0 Å². The minimum absolute atomic E-state index is 0.128. The van der Waals surface area contributed by atoms with E-state index in [-0.39, 0.29) is 22.7 Å². The quantitative estimate of drug-likeness (QED) is 0.449. The fourth-order valence-corrected chi connectivity index (χ4v) is 9.61. The summed E-state index contributed by atoms with van der Waals surface area (Å²) >= 11 is 0. The molecule has 4 nitrogen and oxygen atoms in total. The van der Waals surface area contributed by atoms with Crippen LogP contribution in [0, 0.1) is 35.0 Å². The molecule has 0 N–H and O–H groups in total. The molecule has 5 rings (SSSR count). The van der Waals surface area contributed by atoms with Gasteiger partial charge in [0.2, 0.25) is 0 Å². The minimum Gasteiger partial charge on any atom is -0.414 e. The average Bonchev–Trinajstić information content (AvgIpc) is 3.16. The first-order valence-corrected chi connectivity index (χ1v) is 16.2. The molecular formula is C27H46O4Si. The van der Waals surface area contributed by atoms with Crippen molar-refractivity contribution in [2.75, 3.05) is 0 Å². The van der Waals surface area contributed by atoms with Gasteiger partial charge >= 0.3 is 0 Å². The highest BCUT2D eigenvalue weighted by Gasteiger charge is 2.65. The van der Waals surface area contributed by atoms with Gasteiger partial charge in [0, 0.05) is 17.9 Å². The molecule has 1 unspecified atom stereocenters. The van der Waals surface area contributed by atoms with E-state index in [2.05, 4.69) is 54.6 Å². The Kier molecular flexibility index (Phi) is 5.42. The van der Waals surface area contributed by atoms with Crippen LogP contribution in [-0.2, 0) is 18.7 Å². The van der Waals surface area contributed by atoms with Gasteiger partial charge in [0.25, 0.3) is 0 Å². The van der Waals surface area contributed by atoms with Crippen molar-refractivity contribution in [1.82, 2.24) is 0 Å². The average molecular weight is 463 g/mol. The highest BCUT2D eigenvalue weighted by atomic mass is 28.4. The van der Waals surface area contributed by atoms with Crippen molar-refractivity contribution in [3.63, 3.8) is 0 Å². The fraction of sp³-hybridized carbons (Fsp3) is 0.963. The maximum Gasteiger partial charge on any atom is 0.192 e. The van der Waals surface area contributed by atoms with Gasteiger partial charge < -0.3 is 13.9 Å². The molecule has 0 aromatic rings. The summed E-state index contributed by atoms with van der Waals surface area (Å²) in [5.41, 5.74) is -0.128. The molecule has 0 bridgehead atoms. The zero-order valence-corrected chi connectivity index (χ0v) is 22.7. The van der Waals surface area contributed by atoms with Crippen molar-refractivity contribution < 1.29 is 18.7 Å². The molecule has 1 heterocycles. The van der Waals surface area contributed by atoms with E-state index in [1.165, 1.54) is 19.3 Å². The SMILES string of the molecule is CC1(C)O[C@@H]2[C@H]3CC(O[Si](C)(C)C(C)(C)C)CC[C@@H]3[C@H]3CC[C@]4(C)C(=O)CC[C@H]4[C@@H]3[C@H]2O1. The van der Waals surface area contributed by atoms with Gasteiger partial charge in [0.05, 0.1) is 12.2 Å². The number of carbonyl (C=O) groups is 1. The third-order valence-electron chi connectivity index (χ3n) is 10.8. The molecular weight excluding hydrogens is 416 g/mol. The second kappa shape index (κ2) is 7.38. The Morgan fingerprint density at radius 3 is 2.31 bits per heavy atom. The smallest absolute Gasteiger partial charge is 0.192 e. The van der Waals surface area contributed by atoms with Crippen molar-refractivity contribution in [2.45, 2.75) is 129 Å². The fourth-order valence-electron chi connectivity index (χ4n) is 8.21. The Balaban J connectivity index is 1.43. The predicted octanol–water partition coefficient (Wildman–Crippen LogP) is 6.34. The summed E-state index contributed by atoms with van der Waals surface area (Å²) in [5, 5.41) is 0.238. The lowest BCUT2D eigenvalue weighted by Crippen LogP contribution is -2.60. The van der Waals surface area contributed by atoms with E-state index in [1.807, 2.05) is 0 Å². The third kappa shape index (κ3) is 3.51. The molecule has 1 saturated heterocycles. The first-order chi connectivity index (χ1) is 14.7. The normalized spacial score (nSPS) is 48.1. The van der Waals surface area contributed by atoms with Gasteiger partial charge in [-0.1, -0.05) is 27.7 Å². The first-order valence-electron chi connectivity index (χ1n) is 13.3. The molecule has 1 aliphatic heterocycles. The van der Waals surface area contributed by atoms with Crippen molar-refractivity contribution in [3.05, 3.63) is 0 Å². The lowest BCUT2D eigenvalue weighted by molar-refractivity contribution is -0.160. The van der Waals surface area contributed by atoms with Crippen LogP contribution in [0.5, 0.6) is 0 Å². The van der Waals surface area contributed by atoms with Gasteiger partial charge in [0.15, 0.2) is 14.1 Å². The standard InChI is InChI=1S/C27H46O4Si/c1-25(2,3)32(7,8)31-16-9-10-17-18-13-14-27(6)20(11-12-21(27)28)22(18)24-23(19(17)15-16)29-26(4,5)30-24/h16-20,22-24H,9-15H2,1-8H3/t16?,17-,18-,19+,20+,22-,23-,24-,27+/m1/s1. The summed E-state index contributed by atoms with van der Waals surface area (Å²) in [7, 11) is -1.79. The highest BCUT2D eigenvalue weighted by Crippen LogP contribution is 2.64. The maximum atomic E-state index is 12.9. The van der Waals surface area contributed by atoms with Crippen LogP contribution in [0.2, 0.25) is 18.1 Å². The van der Waals surface area contributed by atoms with Crippen LogP contribution in [0.1, 0.15) is 86.5 Å². The zero-order chi connectivity index (χ0) is 23.3. The molecule has 5 heteroatoms. The predicted molar refractivity (Wildman–Crippen MR) is 129 cm³/mol. The number of fused-ring (bicyclic) bond motifs is 8. The van der Waals surface area contributed by atoms with Crippen molar-refractivity contribution in [1.29, 1.82) is 0 Å². The van der Waals surface area contributed by atoms with Crippen LogP contribution in [0.25, 0.3) is 0 Å². The summed E-state index contributed by atoms with van der Waals surface area (Å²) < 4.78 is 20.3. The summed E-state index contributed by atoms with van der Waals surface area (Å²) in [6.07, 6.45) is 8.26. The summed E-state index contributed by atoms with van der Waals surface area (Å²) in [6, 6.07) is 0. The molecule has 0 spiro atoms. The van der Waals surface area contributed by atoms with Crippen LogP contribution in [0.3, 0.4) is 0 Å². The van der Waals surface area contributed by atoms with E-state index in [9.17, 15) is 4.79 Å². The Hall–Kier alpha value is -0.233. The van der Waals surface area contributed by atoms with E-state index in [4.69, 9.17) is 13.9 Å². The van der Waals surface area contributed by atoms with E-state index in [1.54, 1.807) is 0 Å². The number of hydrogen-bond donors (Lipinski definition) is 0. The topological polar surface area (TPSA) is 44.8 Å². The third-order valence-corrected chi connectivity index (χ3v) is 15.3. The maximum absolute atomic E-state index is 12.9. The van der Waals surface area contributed by atoms with Gasteiger partial charge in [-0.3, -0.25) is 4.79 Å². The molecule has 5 aliphatic rings. The molecule has 0 radical (unpaired) electrons. The minimum atomic E-state index is -1.79. The van der Waals surface area contributed by atoms with Crippen molar-refractivity contribution in [3.8, 4) is 0 Å². The lowest BCUT2D eigenvalue weighted by Gasteiger charge is -2.58. The van der Waals surface area contributed by atoms with Crippen LogP contribution in [0.15, 0.2) is 0 Å². The van der Waals surface area contributed by atoms with Gasteiger partial charge in [-0.05, 0) is 100 Å². The lowest BCUT2D eigenvalue weighted by atomic mass is 9.49. The van der Waals surface area contributed by atoms with Crippen molar-refractivity contribution >= 4 is 14.1 Å². The Labute approximate surface area is 196 Å². The van der Waals surface area contributed by atoms with E-state index in [0.29, 0.717) is 41.5 Å². The van der Waals surface area contributed by atoms with Gasteiger partial charge in [-0.25, -0.2) is 0 Å². The summed E-state index contributed by atoms with van der Waals surface area (Å²) in [4.78, 5) is 12.9. The molecule has 0 amide bonds. The molecule has 32 heavy (non-hydrogen) atoms. The summed E-state index contributed by atoms with van der Waals surface area (Å²) in [5.74, 6) is 2.82. The molecule has 0 aromatic heterocycles. The molecule has 4 aliphatic carbocycles. The molecule has 5 fully saturated rings. The highest BCUT2D eigenvalue weighted by molar-refractivity contribution is 6.74. The van der Waals surface area contributed by atoms with Gasteiger partial charge in [-0.15, -0.1) is 0 Å². The van der Waals surface area contributed by atoms with Crippen LogP contribution in [-0.4, -0.2) is 38.2 Å². The monoisotopic (exact) mass is 462 g/mol. The van der Waals surface area contributed by atoms with E-state index < -0.39 is 14.1 Å². The number of Topliss-reactive ketones (excluding diaryl/α,β-unsaturated/α-hetero) is 1. The molecule has 0 aromatic carbocycles. The second-order valence-corrected chi connectivity index (χ2v) is 18.7. The van der Waals surface area contributed by atoms with Gasteiger partial charge in [0.1, 0.15) is 5.78 Å². The van der Waals surface area contributed by atoms with E-state index >= 15 is 0 Å². The van der Waals surface area contributed by atoms with Crippen molar-refractivity contribution in [2.24, 2.45) is 35.0 Å². The largest absolute Gasteiger partial charge is 0.414 e. The second-order valence-electron chi connectivity index (χ2n) is 14.0. The molecule has 9 atom stereocenters. The number of hydrogen-bond acceptors (Lipinski definition) is 4. The number of carbonyl (C=O) groups excluding carboxylic acids is 1. The Morgan fingerprint density at radius 1 is 0.938 bits per heavy atom. The molecule has 4 saturated carbocycles. The number of rotatable bonds is 2. The Morgan fingerprint density at radius 2 is 1.62 bits per heavy atom. The van der Waals surface area contributed by atoms with E-state index in [0.717, 1.165) is 25.7 Å². The Bertz CT molecular complexity index is 770. The van der Waals surface area contributed by atoms with Crippen LogP contribution >= 0.6 is 0 Å². The zero-order valence-electron chi connectivity index (χ0n) is 21.7. The molecule has 182 valence electrons. The van der Waals surface area contributed by atoms with Crippen LogP contribution in [0.4, 0.5) is 0 Å².